The van der Waals surface area contributed by atoms with Crippen molar-refractivity contribution in [2.45, 2.75) is 39.2 Å². The van der Waals surface area contributed by atoms with E-state index in [2.05, 4.69) is 32.9 Å². The summed E-state index contributed by atoms with van der Waals surface area (Å²) in [6.45, 7) is 6.86. The first-order chi connectivity index (χ1) is 7.15. The van der Waals surface area contributed by atoms with E-state index < -0.39 is 0 Å². The van der Waals surface area contributed by atoms with Gasteiger partial charge >= 0.3 is 0 Å². The van der Waals surface area contributed by atoms with E-state index >= 15 is 0 Å². The zero-order valence-electron chi connectivity index (χ0n) is 9.92. The van der Waals surface area contributed by atoms with Gasteiger partial charge in [0.1, 0.15) is 11.4 Å². The zero-order valence-corrected chi connectivity index (χ0v) is 9.92. The van der Waals surface area contributed by atoms with Crippen molar-refractivity contribution in [1.29, 1.82) is 0 Å². The Hall–Kier alpha value is -1.02. The van der Waals surface area contributed by atoms with Crippen molar-refractivity contribution in [3.8, 4) is 5.75 Å². The molecule has 0 aromatic heterocycles. The first-order valence-corrected chi connectivity index (χ1v) is 5.61. The number of ether oxygens (including phenoxy) is 1. The minimum atomic E-state index is -0.199. The first kappa shape index (κ1) is 12.1. The van der Waals surface area contributed by atoms with E-state index in [-0.39, 0.29) is 5.60 Å². The van der Waals surface area contributed by atoms with Crippen LogP contribution in [0.25, 0.3) is 0 Å². The van der Waals surface area contributed by atoms with Gasteiger partial charge in [-0.2, -0.15) is 0 Å². The third-order valence-corrected chi connectivity index (χ3v) is 3.02. The van der Waals surface area contributed by atoms with Gasteiger partial charge in [-0.3, -0.25) is 0 Å². The molecule has 0 saturated carbocycles. The van der Waals surface area contributed by atoms with Crippen molar-refractivity contribution in [1.82, 2.24) is 0 Å². The monoisotopic (exact) mass is 207 g/mol. The van der Waals surface area contributed by atoms with Crippen molar-refractivity contribution in [2.75, 3.05) is 6.54 Å². The highest BCUT2D eigenvalue weighted by molar-refractivity contribution is 5.27. The van der Waals surface area contributed by atoms with Crippen molar-refractivity contribution >= 4 is 0 Å². The van der Waals surface area contributed by atoms with E-state index in [1.807, 2.05) is 12.1 Å². The van der Waals surface area contributed by atoms with E-state index in [1.165, 1.54) is 5.56 Å². The fourth-order valence-electron chi connectivity index (χ4n) is 1.58. The topological polar surface area (TPSA) is 35.2 Å². The van der Waals surface area contributed by atoms with Crippen molar-refractivity contribution in [3.63, 3.8) is 0 Å². The molecule has 0 bridgehead atoms. The lowest BCUT2D eigenvalue weighted by Gasteiger charge is -2.31. The summed E-state index contributed by atoms with van der Waals surface area (Å²) in [5.41, 5.74) is 6.83. The van der Waals surface area contributed by atoms with Crippen LogP contribution in [0.4, 0.5) is 0 Å². The van der Waals surface area contributed by atoms with Crippen molar-refractivity contribution < 1.29 is 4.74 Å². The third kappa shape index (κ3) is 2.96. The van der Waals surface area contributed by atoms with Crippen LogP contribution in [0.1, 0.15) is 32.3 Å². The Morgan fingerprint density at radius 3 is 2.07 bits per heavy atom. The van der Waals surface area contributed by atoms with E-state index in [9.17, 15) is 0 Å². The van der Waals surface area contributed by atoms with Crippen LogP contribution in [0.2, 0.25) is 0 Å². The summed E-state index contributed by atoms with van der Waals surface area (Å²) in [7, 11) is 0. The van der Waals surface area contributed by atoms with Gasteiger partial charge < -0.3 is 10.5 Å². The number of benzene rings is 1. The van der Waals surface area contributed by atoms with Crippen molar-refractivity contribution in [3.05, 3.63) is 29.8 Å². The van der Waals surface area contributed by atoms with Gasteiger partial charge in [0.2, 0.25) is 0 Å². The summed E-state index contributed by atoms with van der Waals surface area (Å²) >= 11 is 0. The molecule has 0 spiro atoms. The summed E-state index contributed by atoms with van der Waals surface area (Å²) in [5.74, 6) is 0.912. The molecule has 15 heavy (non-hydrogen) atoms. The second-order valence-corrected chi connectivity index (χ2v) is 4.01. The second kappa shape index (κ2) is 5.17. The van der Waals surface area contributed by atoms with Gasteiger partial charge in [-0.15, -0.1) is 0 Å². The van der Waals surface area contributed by atoms with Crippen LogP contribution in [-0.2, 0) is 0 Å². The van der Waals surface area contributed by atoms with E-state index in [0.29, 0.717) is 6.54 Å². The van der Waals surface area contributed by atoms with Crippen LogP contribution in [0, 0.1) is 6.92 Å². The molecule has 0 aliphatic carbocycles. The van der Waals surface area contributed by atoms with E-state index in [1.54, 1.807) is 0 Å². The molecule has 1 aromatic rings. The lowest BCUT2D eigenvalue weighted by molar-refractivity contribution is 0.0692. The molecular formula is C13H21NO. The highest BCUT2D eigenvalue weighted by Gasteiger charge is 2.26. The molecule has 0 atom stereocenters. The summed E-state index contributed by atoms with van der Waals surface area (Å²) < 4.78 is 5.98. The highest BCUT2D eigenvalue weighted by Crippen LogP contribution is 2.23. The fraction of sp³-hybridized carbons (Fsp3) is 0.538. The van der Waals surface area contributed by atoms with Crippen LogP contribution in [-0.4, -0.2) is 12.1 Å². The lowest BCUT2D eigenvalue weighted by atomic mass is 9.97. The molecule has 0 aliphatic rings. The van der Waals surface area contributed by atoms with Gasteiger partial charge in [0.25, 0.3) is 0 Å². The van der Waals surface area contributed by atoms with Crippen LogP contribution in [0.3, 0.4) is 0 Å². The zero-order chi connectivity index (χ0) is 11.3. The SMILES string of the molecule is CCC(CC)(CN)Oc1ccc(C)cc1. The molecule has 84 valence electrons. The molecule has 0 aliphatic heterocycles. The Morgan fingerprint density at radius 2 is 1.67 bits per heavy atom. The Morgan fingerprint density at radius 1 is 1.13 bits per heavy atom. The molecule has 0 saturated heterocycles. The summed E-state index contributed by atoms with van der Waals surface area (Å²) in [6, 6.07) is 8.12. The molecule has 0 fully saturated rings. The minimum Gasteiger partial charge on any atom is -0.486 e. The highest BCUT2D eigenvalue weighted by atomic mass is 16.5. The molecule has 2 heteroatoms. The quantitative estimate of drug-likeness (QED) is 0.805. The maximum absolute atomic E-state index is 5.98. The lowest BCUT2D eigenvalue weighted by Crippen LogP contribution is -2.42. The number of hydrogen-bond donors (Lipinski definition) is 1. The summed E-state index contributed by atoms with van der Waals surface area (Å²) in [6.07, 6.45) is 1.88. The Bertz CT molecular complexity index is 280. The average molecular weight is 207 g/mol. The number of aryl methyl sites for hydroxylation is 1. The van der Waals surface area contributed by atoms with Gasteiger partial charge in [-0.25, -0.2) is 0 Å². The third-order valence-electron chi connectivity index (χ3n) is 3.02. The molecular weight excluding hydrogens is 186 g/mol. The van der Waals surface area contributed by atoms with Crippen molar-refractivity contribution in [2.24, 2.45) is 5.73 Å². The normalized spacial score (nSPS) is 11.5. The van der Waals surface area contributed by atoms with Gasteiger partial charge in [0.15, 0.2) is 0 Å². The van der Waals surface area contributed by atoms with Gasteiger partial charge in [-0.1, -0.05) is 31.5 Å². The van der Waals surface area contributed by atoms with Crippen LogP contribution < -0.4 is 10.5 Å². The molecule has 0 heterocycles. The first-order valence-electron chi connectivity index (χ1n) is 5.61. The Kier molecular flexibility index (Phi) is 4.15. The largest absolute Gasteiger partial charge is 0.486 e. The van der Waals surface area contributed by atoms with Crippen LogP contribution in [0.5, 0.6) is 5.75 Å². The Labute approximate surface area is 92.4 Å². The summed E-state index contributed by atoms with van der Waals surface area (Å²) in [4.78, 5) is 0. The summed E-state index contributed by atoms with van der Waals surface area (Å²) in [5, 5.41) is 0. The van der Waals surface area contributed by atoms with Crippen LogP contribution >= 0.6 is 0 Å². The second-order valence-electron chi connectivity index (χ2n) is 4.01. The maximum atomic E-state index is 5.98. The number of nitrogens with two attached hydrogens (primary N) is 1. The number of rotatable bonds is 5. The van der Waals surface area contributed by atoms with Crippen LogP contribution in [0.15, 0.2) is 24.3 Å². The predicted molar refractivity (Wildman–Crippen MR) is 64.2 cm³/mol. The molecule has 1 aromatic carbocycles. The average Bonchev–Trinajstić information content (AvgIpc) is 2.29. The molecule has 2 nitrogen and oxygen atoms in total. The Balaban J connectivity index is 2.78. The molecule has 2 N–H and O–H groups in total. The van der Waals surface area contributed by atoms with Gasteiger partial charge in [0, 0.05) is 6.54 Å². The molecule has 1 rings (SSSR count). The maximum Gasteiger partial charge on any atom is 0.121 e. The number of hydrogen-bond acceptors (Lipinski definition) is 2. The predicted octanol–water partition coefficient (Wildman–Crippen LogP) is 2.89. The molecule has 0 radical (unpaired) electrons. The van der Waals surface area contributed by atoms with E-state index in [0.717, 1.165) is 18.6 Å². The fourth-order valence-corrected chi connectivity index (χ4v) is 1.58. The minimum absolute atomic E-state index is 0.199. The van der Waals surface area contributed by atoms with Gasteiger partial charge in [0.05, 0.1) is 0 Å². The van der Waals surface area contributed by atoms with Gasteiger partial charge in [-0.05, 0) is 31.9 Å². The van der Waals surface area contributed by atoms with E-state index in [4.69, 9.17) is 10.5 Å². The molecule has 0 amide bonds. The standard InChI is InChI=1S/C13H21NO/c1-4-13(5-2,10-14)15-12-8-6-11(3)7-9-12/h6-9H,4-5,10,14H2,1-3H3. The smallest absolute Gasteiger partial charge is 0.121 e. The molecule has 0 unspecified atom stereocenters.